The summed E-state index contributed by atoms with van der Waals surface area (Å²) in [7, 11) is 0. The summed E-state index contributed by atoms with van der Waals surface area (Å²) in [6.07, 6.45) is -1.69. The van der Waals surface area contributed by atoms with E-state index in [9.17, 15) is 22.8 Å². The van der Waals surface area contributed by atoms with Gasteiger partial charge in [-0.15, -0.1) is 0 Å². The van der Waals surface area contributed by atoms with Crippen LogP contribution < -0.4 is 5.32 Å². The van der Waals surface area contributed by atoms with E-state index < -0.39 is 36.4 Å². The van der Waals surface area contributed by atoms with Gasteiger partial charge in [0.15, 0.2) is 0 Å². The van der Waals surface area contributed by atoms with Crippen LogP contribution in [0.2, 0.25) is 0 Å². The fourth-order valence-corrected chi connectivity index (χ4v) is 3.04. The molecule has 0 spiro atoms. The van der Waals surface area contributed by atoms with Crippen molar-refractivity contribution in [1.82, 2.24) is 5.32 Å². The lowest BCUT2D eigenvalue weighted by Crippen LogP contribution is -2.49. The summed E-state index contributed by atoms with van der Waals surface area (Å²) in [5.74, 6) is -2.95. The standard InChI is InChI=1S/C15H18F3NO4/c1-8-7-23-10(6-11(20)21)12(8)14(22)19-13(15(16,17)18)9-4-2-3-5-9/h7,9,13H,2-6H2,1H3,(H,19,22)(H,20,21). The van der Waals surface area contributed by atoms with Crippen molar-refractivity contribution >= 4 is 11.9 Å². The number of alkyl halides is 3. The molecule has 2 rings (SSSR count). The second-order valence-electron chi connectivity index (χ2n) is 5.82. The van der Waals surface area contributed by atoms with Crippen LogP contribution in [0.1, 0.15) is 47.4 Å². The molecule has 0 radical (unpaired) electrons. The Morgan fingerprint density at radius 2 is 2.00 bits per heavy atom. The van der Waals surface area contributed by atoms with E-state index in [-0.39, 0.29) is 11.3 Å². The maximum absolute atomic E-state index is 13.3. The largest absolute Gasteiger partial charge is 0.481 e. The first-order valence-corrected chi connectivity index (χ1v) is 7.36. The van der Waals surface area contributed by atoms with Gasteiger partial charge in [0.2, 0.25) is 0 Å². The predicted octanol–water partition coefficient (Wildman–Crippen LogP) is 3.07. The molecule has 1 saturated carbocycles. The van der Waals surface area contributed by atoms with Gasteiger partial charge in [-0.1, -0.05) is 12.8 Å². The quantitative estimate of drug-likeness (QED) is 0.868. The van der Waals surface area contributed by atoms with Crippen molar-refractivity contribution in [1.29, 1.82) is 0 Å². The molecule has 1 atom stereocenters. The molecule has 5 nitrogen and oxygen atoms in total. The van der Waals surface area contributed by atoms with Gasteiger partial charge in [-0.25, -0.2) is 0 Å². The van der Waals surface area contributed by atoms with E-state index in [1.54, 1.807) is 0 Å². The first kappa shape index (κ1) is 17.4. The number of amides is 1. The minimum atomic E-state index is -4.55. The highest BCUT2D eigenvalue weighted by Crippen LogP contribution is 2.36. The number of aryl methyl sites for hydroxylation is 1. The van der Waals surface area contributed by atoms with Gasteiger partial charge in [0, 0.05) is 5.56 Å². The van der Waals surface area contributed by atoms with Crippen molar-refractivity contribution in [3.05, 3.63) is 23.2 Å². The molecular weight excluding hydrogens is 315 g/mol. The molecule has 1 fully saturated rings. The summed E-state index contributed by atoms with van der Waals surface area (Å²) in [4.78, 5) is 23.1. The third-order valence-electron chi connectivity index (χ3n) is 4.10. The Balaban J connectivity index is 2.22. The molecule has 0 aromatic carbocycles. The van der Waals surface area contributed by atoms with Crippen LogP contribution in [0.15, 0.2) is 10.7 Å². The SMILES string of the molecule is Cc1coc(CC(=O)O)c1C(=O)NC(C1CCCC1)C(F)(F)F. The van der Waals surface area contributed by atoms with Crippen molar-refractivity contribution in [2.24, 2.45) is 5.92 Å². The number of carbonyl (C=O) groups excluding carboxylic acids is 1. The molecule has 23 heavy (non-hydrogen) atoms. The third-order valence-corrected chi connectivity index (χ3v) is 4.10. The van der Waals surface area contributed by atoms with Gasteiger partial charge < -0.3 is 14.8 Å². The summed E-state index contributed by atoms with van der Waals surface area (Å²) in [6.45, 7) is 1.49. The van der Waals surface area contributed by atoms with Gasteiger partial charge in [-0.2, -0.15) is 13.2 Å². The highest BCUT2D eigenvalue weighted by molar-refractivity contribution is 5.97. The zero-order chi connectivity index (χ0) is 17.2. The molecular formula is C15H18F3NO4. The zero-order valence-electron chi connectivity index (χ0n) is 12.6. The lowest BCUT2D eigenvalue weighted by molar-refractivity contribution is -0.164. The number of rotatable bonds is 5. The van der Waals surface area contributed by atoms with Gasteiger partial charge in [-0.05, 0) is 25.7 Å². The maximum atomic E-state index is 13.3. The number of hydrogen-bond acceptors (Lipinski definition) is 3. The van der Waals surface area contributed by atoms with Gasteiger partial charge >= 0.3 is 12.1 Å². The Morgan fingerprint density at radius 1 is 1.39 bits per heavy atom. The van der Waals surface area contributed by atoms with Crippen LogP contribution in [-0.4, -0.2) is 29.2 Å². The van der Waals surface area contributed by atoms with Crippen molar-refractivity contribution in [2.45, 2.75) is 51.2 Å². The summed E-state index contributed by atoms with van der Waals surface area (Å²) >= 11 is 0. The van der Waals surface area contributed by atoms with E-state index >= 15 is 0 Å². The lowest BCUT2D eigenvalue weighted by atomic mass is 9.97. The number of halogens is 3. The maximum Gasteiger partial charge on any atom is 0.408 e. The van der Waals surface area contributed by atoms with E-state index in [0.717, 1.165) is 0 Å². The molecule has 1 heterocycles. The smallest absolute Gasteiger partial charge is 0.408 e. The van der Waals surface area contributed by atoms with Crippen molar-refractivity contribution in [2.75, 3.05) is 0 Å². The molecule has 1 aromatic rings. The van der Waals surface area contributed by atoms with E-state index in [0.29, 0.717) is 31.2 Å². The molecule has 0 saturated heterocycles. The molecule has 1 aromatic heterocycles. The highest BCUT2D eigenvalue weighted by atomic mass is 19.4. The van der Waals surface area contributed by atoms with Crippen LogP contribution in [0.5, 0.6) is 0 Å². The number of aliphatic carboxylic acids is 1. The van der Waals surface area contributed by atoms with E-state index in [4.69, 9.17) is 9.52 Å². The second kappa shape index (κ2) is 6.64. The molecule has 128 valence electrons. The van der Waals surface area contributed by atoms with Gasteiger partial charge in [0.1, 0.15) is 18.2 Å². The molecule has 0 aliphatic heterocycles. The van der Waals surface area contributed by atoms with Crippen LogP contribution in [-0.2, 0) is 11.2 Å². The number of hydrogen-bond donors (Lipinski definition) is 2. The van der Waals surface area contributed by atoms with E-state index in [1.165, 1.54) is 13.2 Å². The summed E-state index contributed by atoms with van der Waals surface area (Å²) in [6, 6.07) is -1.93. The van der Waals surface area contributed by atoms with E-state index in [1.807, 2.05) is 5.32 Å². The van der Waals surface area contributed by atoms with Crippen LogP contribution in [0, 0.1) is 12.8 Å². The molecule has 1 amide bonds. The van der Waals surface area contributed by atoms with Crippen LogP contribution in [0.25, 0.3) is 0 Å². The topological polar surface area (TPSA) is 79.5 Å². The first-order valence-electron chi connectivity index (χ1n) is 7.36. The van der Waals surface area contributed by atoms with Crippen molar-refractivity contribution in [3.63, 3.8) is 0 Å². The molecule has 2 N–H and O–H groups in total. The molecule has 1 unspecified atom stereocenters. The average Bonchev–Trinajstić information content (AvgIpc) is 3.04. The van der Waals surface area contributed by atoms with Crippen molar-refractivity contribution in [3.8, 4) is 0 Å². The van der Waals surface area contributed by atoms with Gasteiger partial charge in [-0.3, -0.25) is 9.59 Å². The molecule has 8 heteroatoms. The minimum Gasteiger partial charge on any atom is -0.481 e. The number of nitrogens with one attached hydrogen (secondary N) is 1. The summed E-state index contributed by atoms with van der Waals surface area (Å²) in [5, 5.41) is 10.8. The average molecular weight is 333 g/mol. The van der Waals surface area contributed by atoms with Crippen molar-refractivity contribution < 1.29 is 32.3 Å². The molecule has 1 aliphatic carbocycles. The first-order chi connectivity index (χ1) is 10.7. The predicted molar refractivity (Wildman–Crippen MR) is 74.1 cm³/mol. The van der Waals surface area contributed by atoms with Gasteiger partial charge in [0.05, 0.1) is 11.8 Å². The van der Waals surface area contributed by atoms with Gasteiger partial charge in [0.25, 0.3) is 5.91 Å². The number of carboxylic acid groups (broad SMARTS) is 1. The Bertz CT molecular complexity index is 588. The lowest BCUT2D eigenvalue weighted by Gasteiger charge is -2.27. The fourth-order valence-electron chi connectivity index (χ4n) is 3.04. The van der Waals surface area contributed by atoms with E-state index in [2.05, 4.69) is 0 Å². The monoisotopic (exact) mass is 333 g/mol. The normalized spacial score (nSPS) is 17.2. The van der Waals surface area contributed by atoms with Crippen LogP contribution >= 0.6 is 0 Å². The second-order valence-corrected chi connectivity index (χ2v) is 5.82. The third kappa shape index (κ3) is 4.05. The number of carboxylic acids is 1. The number of furan rings is 1. The Morgan fingerprint density at radius 3 is 2.52 bits per heavy atom. The van der Waals surface area contributed by atoms with Crippen LogP contribution in [0.4, 0.5) is 13.2 Å². The summed E-state index contributed by atoms with van der Waals surface area (Å²) < 4.78 is 44.8. The minimum absolute atomic E-state index is 0.125. The Kier molecular flexibility index (Phi) is 5.01. The zero-order valence-corrected chi connectivity index (χ0v) is 12.6. The molecule has 0 bridgehead atoms. The molecule has 1 aliphatic rings. The summed E-state index contributed by atoms with van der Waals surface area (Å²) in [5.41, 5.74) is 0.186. The number of carbonyl (C=O) groups is 2. The Labute approximate surface area is 130 Å². The van der Waals surface area contributed by atoms with Crippen LogP contribution in [0.3, 0.4) is 0 Å². The Hall–Kier alpha value is -1.99. The fraction of sp³-hybridized carbons (Fsp3) is 0.600. The highest BCUT2D eigenvalue weighted by Gasteiger charge is 2.46.